The Kier molecular flexibility index (Phi) is 26.6. The molecule has 2 aromatic carbocycles. The van der Waals surface area contributed by atoms with Crippen LogP contribution in [0.25, 0.3) is 5.69 Å². The highest BCUT2D eigenvalue weighted by Gasteiger charge is 2.30. The highest BCUT2D eigenvalue weighted by Crippen LogP contribution is 2.36. The minimum absolute atomic E-state index is 0.0412. The molecule has 7 rings (SSSR count). The van der Waals surface area contributed by atoms with Gasteiger partial charge in [0.25, 0.3) is 26.0 Å². The maximum Gasteiger partial charge on any atom is 0.389 e. The van der Waals surface area contributed by atoms with E-state index in [-0.39, 0.29) is 71.5 Å². The van der Waals surface area contributed by atoms with Crippen molar-refractivity contribution in [1.82, 2.24) is 58.6 Å². The number of aliphatic carboxylic acids is 1. The molecule has 0 fully saturated rings. The van der Waals surface area contributed by atoms with E-state index in [0.29, 0.717) is 28.0 Å². The first-order valence-electron chi connectivity index (χ1n) is 25.4. The molecule has 5 heterocycles. The molecule has 6 aromatic rings. The van der Waals surface area contributed by atoms with Gasteiger partial charge in [-0.05, 0) is 62.4 Å². The number of ether oxygens (including phenoxy) is 4. The molecule has 0 saturated carbocycles. The number of aryl methyl sites for hydroxylation is 3. The molecular weight excluding hydrogens is 1290 g/mol. The molecule has 4 aromatic heterocycles. The van der Waals surface area contributed by atoms with Gasteiger partial charge in [0, 0.05) is 58.6 Å². The van der Waals surface area contributed by atoms with Gasteiger partial charge in [0.05, 0.1) is 53.6 Å². The Hall–Kier alpha value is -8.72. The Labute approximate surface area is 516 Å². The molecule has 0 radical (unpaired) electrons. The second-order valence-corrected chi connectivity index (χ2v) is 24.9. The zero-order chi connectivity index (χ0) is 66.6. The predicted molar refractivity (Wildman–Crippen MR) is 314 cm³/mol. The molecule has 2 unspecified atom stereocenters. The van der Waals surface area contributed by atoms with Crippen molar-refractivity contribution < 1.29 is 82.7 Å². The Morgan fingerprint density at radius 1 is 0.888 bits per heavy atom. The van der Waals surface area contributed by atoms with Crippen molar-refractivity contribution in [3.8, 4) is 41.6 Å². The number of pyridine rings is 1. The largest absolute Gasteiger partial charge is 0.481 e. The lowest BCUT2D eigenvalue weighted by molar-refractivity contribution is -0.138. The molecule has 1 aliphatic rings. The minimum atomic E-state index is -4.46. The van der Waals surface area contributed by atoms with Gasteiger partial charge in [-0.3, -0.25) is 29.4 Å². The topological polar surface area (TPSA) is 426 Å². The SMILES string of the molecule is C#CCOc1cc(-n2nc3n(c2=O)CCCC3)c(Cl)cc1Cl.COc1cc(OC)nc(NC(=O)NS(=O)(=O)c2ncccc2C(=O)N(C)C)n1.COc1nc(C)nc(NC(=O)NS(=O)(=O)c2ccccc2CCC(F)(F)F)n1.CP(=O)(O)CCC(N)C(=O)O. The molecule has 2 atom stereocenters. The number of sulfonamides is 2. The first-order valence-corrected chi connectivity index (χ1v) is 31.4. The number of terminal acetylenes is 1. The zero-order valence-corrected chi connectivity index (χ0v) is 52.1. The summed E-state index contributed by atoms with van der Waals surface area (Å²) in [6.07, 6.45) is 2.97. The molecule has 0 bridgehead atoms. The van der Waals surface area contributed by atoms with E-state index in [9.17, 15) is 58.5 Å². The van der Waals surface area contributed by atoms with Crippen LogP contribution in [0, 0.1) is 19.3 Å². The third-order valence-corrected chi connectivity index (χ3v) is 15.6. The fraction of sp³-hybridized carbons (Fsp3) is 0.360. The Morgan fingerprint density at radius 2 is 1.51 bits per heavy atom. The number of methoxy groups -OCH3 is 3. The van der Waals surface area contributed by atoms with Gasteiger partial charge in [-0.15, -0.1) is 11.5 Å². The lowest BCUT2D eigenvalue weighted by Crippen LogP contribution is -2.36. The lowest BCUT2D eigenvalue weighted by atomic mass is 10.1. The number of amides is 5. The number of nitrogens with two attached hydrogens (primary N) is 1. The highest BCUT2D eigenvalue weighted by molar-refractivity contribution is 7.90. The molecule has 39 heteroatoms. The number of carbonyl (C=O) groups excluding carboxylic acids is 3. The summed E-state index contributed by atoms with van der Waals surface area (Å²) in [5.41, 5.74) is 5.06. The number of carboxylic acids is 1. The Bertz CT molecular complexity index is 3890. The Morgan fingerprint density at radius 3 is 2.07 bits per heavy atom. The smallest absolute Gasteiger partial charge is 0.389 e. The van der Waals surface area contributed by atoms with E-state index >= 15 is 0 Å². The number of rotatable bonds is 19. The molecule has 0 spiro atoms. The maximum absolute atomic E-state index is 12.5. The average molecular weight is 1350 g/mol. The number of fused-ring (bicyclic) bond motifs is 1. The van der Waals surface area contributed by atoms with E-state index in [1.165, 1.54) is 107 Å². The number of halogens is 5. The highest BCUT2D eigenvalue weighted by atomic mass is 35.5. The number of hydrogen-bond donors (Lipinski definition) is 7. The lowest BCUT2D eigenvalue weighted by Gasteiger charge is -2.14. The number of anilines is 2. The van der Waals surface area contributed by atoms with E-state index in [4.69, 9.17) is 64.3 Å². The molecule has 1 aliphatic heterocycles. The van der Waals surface area contributed by atoms with E-state index in [0.717, 1.165) is 31.2 Å². The van der Waals surface area contributed by atoms with Crippen LogP contribution in [0.3, 0.4) is 0 Å². The van der Waals surface area contributed by atoms with Gasteiger partial charge in [0.1, 0.15) is 30.0 Å². The second kappa shape index (κ2) is 32.5. The van der Waals surface area contributed by atoms with Crippen LogP contribution in [0.5, 0.6) is 23.5 Å². The van der Waals surface area contributed by atoms with Crippen LogP contribution in [0.1, 0.15) is 53.3 Å². The van der Waals surface area contributed by atoms with E-state index in [1.807, 2.05) is 0 Å². The fourth-order valence-corrected chi connectivity index (χ4v) is 10.6. The molecular formula is C50H59Cl2F3N15O16PS2. The number of aromatic nitrogens is 9. The van der Waals surface area contributed by atoms with E-state index < -0.39 is 86.3 Å². The molecule has 5 amide bonds. The summed E-state index contributed by atoms with van der Waals surface area (Å²) in [6.45, 7) is 3.44. The van der Waals surface area contributed by atoms with Gasteiger partial charge in [-0.1, -0.05) is 47.3 Å². The summed E-state index contributed by atoms with van der Waals surface area (Å²) in [7, 11) is -5.09. The normalized spacial score (nSPS) is 12.7. The van der Waals surface area contributed by atoms with Gasteiger partial charge in [0.2, 0.25) is 23.7 Å². The number of benzene rings is 2. The summed E-state index contributed by atoms with van der Waals surface area (Å²) in [6, 6.07) is 8.79. The summed E-state index contributed by atoms with van der Waals surface area (Å²) in [4.78, 5) is 91.2. The number of carbonyl (C=O) groups is 4. The van der Waals surface area contributed by atoms with Crippen molar-refractivity contribution in [2.45, 2.75) is 74.1 Å². The van der Waals surface area contributed by atoms with Crippen LogP contribution in [-0.4, -0.2) is 167 Å². The summed E-state index contributed by atoms with van der Waals surface area (Å²) < 4.78 is 124. The van der Waals surface area contributed by atoms with Crippen LogP contribution < -0.4 is 50.4 Å². The number of nitrogens with one attached hydrogen (secondary N) is 4. The number of urea groups is 2. The molecule has 8 N–H and O–H groups in total. The first-order chi connectivity index (χ1) is 41.6. The molecule has 0 aliphatic carbocycles. The van der Waals surface area contributed by atoms with Gasteiger partial charge >= 0.3 is 35.9 Å². The van der Waals surface area contributed by atoms with Crippen molar-refractivity contribution >= 4 is 86.5 Å². The monoisotopic (exact) mass is 1350 g/mol. The van der Waals surface area contributed by atoms with Crippen molar-refractivity contribution in [2.24, 2.45) is 5.73 Å². The van der Waals surface area contributed by atoms with Crippen molar-refractivity contribution in [1.29, 1.82) is 0 Å². The predicted octanol–water partition coefficient (Wildman–Crippen LogP) is 4.67. The molecule has 482 valence electrons. The second-order valence-electron chi connectivity index (χ2n) is 18.3. The average Bonchev–Trinajstić information content (AvgIpc) is 1.79. The first kappa shape index (κ1) is 72.8. The van der Waals surface area contributed by atoms with Crippen LogP contribution in [-0.2, 0) is 48.8 Å². The van der Waals surface area contributed by atoms with Gasteiger partial charge in [-0.2, -0.15) is 51.2 Å². The summed E-state index contributed by atoms with van der Waals surface area (Å²) in [5, 5.41) is 17.0. The van der Waals surface area contributed by atoms with Gasteiger partial charge in [-0.25, -0.2) is 37.2 Å². The third kappa shape index (κ3) is 22.7. The maximum atomic E-state index is 12.5. The number of carboxylic acid groups (broad SMARTS) is 1. The number of alkyl halides is 3. The van der Waals surface area contributed by atoms with Crippen LogP contribution in [0.4, 0.5) is 34.7 Å². The van der Waals surface area contributed by atoms with Gasteiger partial charge < -0.3 is 39.6 Å². The molecule has 31 nitrogen and oxygen atoms in total. The summed E-state index contributed by atoms with van der Waals surface area (Å²) in [5.74, 6) is 1.66. The summed E-state index contributed by atoms with van der Waals surface area (Å²) >= 11 is 12.3. The van der Waals surface area contributed by atoms with E-state index in [1.54, 1.807) is 20.1 Å². The minimum Gasteiger partial charge on any atom is -0.481 e. The van der Waals surface area contributed by atoms with Crippen molar-refractivity contribution in [2.75, 3.05) is 65.5 Å². The standard InChI is InChI=1S/C15H13Cl2N3O2.C15H16F3N5O4S.C15H18N6O6S.C5H12NO4P/c1-2-7-22-13-9-12(10(16)8-11(13)17)20-15(21)19-6-4-3-5-14(19)18-20;1-9-19-12(22-14(20-9)27-2)21-13(24)23-28(25,26)11-6-4-3-5-10(11)7-8-15(16,17)18;1-21(2)13(22)9-6-5-7-16-12(9)28(24,25)20-15(23)19-14-17-10(26-3)8-11(18-14)27-4;1-11(9,10)3-2-4(6)5(7)8/h1,8-9H,3-7H2;3-6H,7-8H2,1-2H3,(H2,19,20,21,22,23,24);5-8H,1-4H3,(H2,17,18,19,20,23);4H,2-3,6H2,1H3,(H,7,8)(H,9,10). The number of hydrogen-bond acceptors (Lipinski definition) is 22. The van der Waals surface area contributed by atoms with Gasteiger partial charge in [0.15, 0.2) is 12.4 Å². The molecule has 89 heavy (non-hydrogen) atoms. The third-order valence-electron chi connectivity index (χ3n) is 11.2. The molecule has 0 saturated heterocycles. The van der Waals surface area contributed by atoms with E-state index in [2.05, 4.69) is 51.6 Å². The Balaban J connectivity index is 0.000000264. The quantitative estimate of drug-likeness (QED) is 0.0428. The number of nitrogens with zero attached hydrogens (tertiary/aromatic N) is 10. The van der Waals surface area contributed by atoms with Crippen LogP contribution >= 0.6 is 30.6 Å². The van der Waals surface area contributed by atoms with Crippen molar-refractivity contribution in [3.63, 3.8) is 0 Å². The van der Waals surface area contributed by atoms with Crippen molar-refractivity contribution in [3.05, 3.63) is 104 Å². The van der Waals surface area contributed by atoms with Crippen LogP contribution in [0.2, 0.25) is 10.0 Å². The fourth-order valence-electron chi connectivity index (χ4n) is 7.10. The van der Waals surface area contributed by atoms with Crippen LogP contribution in [0.15, 0.2) is 75.5 Å². The zero-order valence-electron chi connectivity index (χ0n) is 48.1.